The maximum absolute atomic E-state index is 9.68. The molecule has 0 unspecified atom stereocenters. The van der Waals surface area contributed by atoms with Crippen LogP contribution in [0.3, 0.4) is 0 Å². The molecule has 3 nitrogen and oxygen atoms in total. The first-order valence-corrected chi connectivity index (χ1v) is 6.60. The number of hydrogen-bond donors (Lipinski definition) is 1. The average molecular weight is 272 g/mol. The molecule has 0 amide bonds. The van der Waals surface area contributed by atoms with Crippen LogP contribution in [0.4, 0.5) is 0 Å². The molecule has 0 aromatic heterocycles. The summed E-state index contributed by atoms with van der Waals surface area (Å²) < 4.78 is 10.2. The van der Waals surface area contributed by atoms with Gasteiger partial charge in [-0.15, -0.1) is 0 Å². The summed E-state index contributed by atoms with van der Waals surface area (Å²) in [6.45, 7) is 4.24. The Balaban J connectivity index is 2.12. The summed E-state index contributed by atoms with van der Waals surface area (Å²) in [5, 5.41) is 9.68. The van der Waals surface area contributed by atoms with Crippen molar-refractivity contribution >= 4 is 0 Å². The molecule has 0 bridgehead atoms. The first-order valence-electron chi connectivity index (χ1n) is 6.60. The minimum atomic E-state index is 0.260. The van der Waals surface area contributed by atoms with E-state index in [9.17, 15) is 5.11 Å². The molecular formula is C17H20O3. The zero-order valence-electron chi connectivity index (χ0n) is 12.1. The standard InChI is InChI=1S/C17H20O3/c1-12-13(2)17(18)9-6-15(12)10-14-4-7-16(8-5-14)20-11-19-3/h4-9,18H,10-11H2,1-3H3. The number of benzene rings is 2. The van der Waals surface area contributed by atoms with Gasteiger partial charge in [-0.3, -0.25) is 0 Å². The Kier molecular flexibility index (Phi) is 4.64. The van der Waals surface area contributed by atoms with Crippen LogP contribution < -0.4 is 4.74 Å². The van der Waals surface area contributed by atoms with Crippen LogP contribution in [0.2, 0.25) is 0 Å². The maximum atomic E-state index is 9.68. The van der Waals surface area contributed by atoms with Gasteiger partial charge < -0.3 is 14.6 Å². The molecule has 0 aliphatic heterocycles. The molecular weight excluding hydrogens is 252 g/mol. The average Bonchev–Trinajstić information content (AvgIpc) is 2.47. The lowest BCUT2D eigenvalue weighted by Gasteiger charge is -2.11. The number of phenols is 1. The second-order valence-electron chi connectivity index (χ2n) is 4.87. The third kappa shape index (κ3) is 3.31. The smallest absolute Gasteiger partial charge is 0.188 e. The van der Waals surface area contributed by atoms with Crippen LogP contribution in [0.1, 0.15) is 22.3 Å². The Bertz CT molecular complexity index is 574. The summed E-state index contributed by atoms with van der Waals surface area (Å²) in [7, 11) is 1.60. The molecule has 0 saturated carbocycles. The second kappa shape index (κ2) is 6.44. The van der Waals surface area contributed by atoms with Crippen molar-refractivity contribution in [2.24, 2.45) is 0 Å². The van der Waals surface area contributed by atoms with Crippen molar-refractivity contribution in [2.75, 3.05) is 13.9 Å². The van der Waals surface area contributed by atoms with E-state index in [4.69, 9.17) is 9.47 Å². The number of rotatable bonds is 5. The van der Waals surface area contributed by atoms with Crippen LogP contribution in [-0.2, 0) is 11.2 Å². The van der Waals surface area contributed by atoms with Crippen molar-refractivity contribution < 1.29 is 14.6 Å². The van der Waals surface area contributed by atoms with Gasteiger partial charge in [0.25, 0.3) is 0 Å². The summed E-state index contributed by atoms with van der Waals surface area (Å²) in [6.07, 6.45) is 0.845. The van der Waals surface area contributed by atoms with Gasteiger partial charge in [0.05, 0.1) is 0 Å². The van der Waals surface area contributed by atoms with E-state index in [1.807, 2.05) is 44.2 Å². The molecule has 2 aromatic carbocycles. The monoisotopic (exact) mass is 272 g/mol. The fourth-order valence-electron chi connectivity index (χ4n) is 2.10. The Hall–Kier alpha value is -2.00. The minimum absolute atomic E-state index is 0.260. The Morgan fingerprint density at radius 3 is 2.30 bits per heavy atom. The molecule has 0 heterocycles. The van der Waals surface area contributed by atoms with Crippen LogP contribution in [0.25, 0.3) is 0 Å². The van der Waals surface area contributed by atoms with Crippen LogP contribution >= 0.6 is 0 Å². The summed E-state index contributed by atoms with van der Waals surface area (Å²) >= 11 is 0. The fourth-order valence-corrected chi connectivity index (χ4v) is 2.10. The van der Waals surface area contributed by atoms with Crippen molar-refractivity contribution in [3.05, 3.63) is 58.7 Å². The predicted molar refractivity (Wildman–Crippen MR) is 79.3 cm³/mol. The summed E-state index contributed by atoms with van der Waals surface area (Å²) in [4.78, 5) is 0. The van der Waals surface area contributed by atoms with Gasteiger partial charge in [-0.1, -0.05) is 18.2 Å². The van der Waals surface area contributed by atoms with Crippen LogP contribution in [-0.4, -0.2) is 19.0 Å². The summed E-state index contributed by atoms with van der Waals surface area (Å²) in [5.41, 5.74) is 4.53. The van der Waals surface area contributed by atoms with E-state index < -0.39 is 0 Å². The molecule has 0 atom stereocenters. The topological polar surface area (TPSA) is 38.7 Å². The van der Waals surface area contributed by atoms with Crippen molar-refractivity contribution in [1.82, 2.24) is 0 Å². The SMILES string of the molecule is COCOc1ccc(Cc2ccc(O)c(C)c2C)cc1. The van der Waals surface area contributed by atoms with Crippen molar-refractivity contribution in [3.63, 3.8) is 0 Å². The fraction of sp³-hybridized carbons (Fsp3) is 0.294. The highest BCUT2D eigenvalue weighted by molar-refractivity contribution is 5.44. The molecule has 3 heteroatoms. The van der Waals surface area contributed by atoms with Gasteiger partial charge in [0.1, 0.15) is 11.5 Å². The van der Waals surface area contributed by atoms with E-state index in [1.165, 1.54) is 11.1 Å². The number of hydrogen-bond acceptors (Lipinski definition) is 3. The number of ether oxygens (including phenoxy) is 2. The van der Waals surface area contributed by atoms with Crippen LogP contribution in [0.5, 0.6) is 11.5 Å². The highest BCUT2D eigenvalue weighted by Crippen LogP contribution is 2.25. The van der Waals surface area contributed by atoms with Gasteiger partial charge in [0, 0.05) is 7.11 Å². The van der Waals surface area contributed by atoms with Crippen molar-refractivity contribution in [1.29, 1.82) is 0 Å². The van der Waals surface area contributed by atoms with E-state index in [0.29, 0.717) is 5.75 Å². The lowest BCUT2D eigenvalue weighted by molar-refractivity contribution is 0.0511. The quantitative estimate of drug-likeness (QED) is 0.845. The van der Waals surface area contributed by atoms with Gasteiger partial charge >= 0.3 is 0 Å². The molecule has 0 aliphatic rings. The highest BCUT2D eigenvalue weighted by atomic mass is 16.7. The predicted octanol–water partition coefficient (Wildman–Crippen LogP) is 3.58. The number of methoxy groups -OCH3 is 1. The zero-order chi connectivity index (χ0) is 14.5. The highest BCUT2D eigenvalue weighted by Gasteiger charge is 2.06. The molecule has 0 aliphatic carbocycles. The first kappa shape index (κ1) is 14.4. The lowest BCUT2D eigenvalue weighted by Crippen LogP contribution is -1.99. The minimum Gasteiger partial charge on any atom is -0.508 e. The van der Waals surface area contributed by atoms with E-state index in [2.05, 4.69) is 0 Å². The largest absolute Gasteiger partial charge is 0.508 e. The normalized spacial score (nSPS) is 10.6. The van der Waals surface area contributed by atoms with Gasteiger partial charge in [-0.25, -0.2) is 0 Å². The summed E-state index contributed by atoms with van der Waals surface area (Å²) in [6, 6.07) is 11.7. The molecule has 20 heavy (non-hydrogen) atoms. The molecule has 0 saturated heterocycles. The van der Waals surface area contributed by atoms with Crippen LogP contribution in [0, 0.1) is 13.8 Å². The number of phenolic OH excluding ortho intramolecular Hbond substituents is 1. The van der Waals surface area contributed by atoms with Crippen molar-refractivity contribution in [3.8, 4) is 11.5 Å². The molecule has 106 valence electrons. The Labute approximate surface area is 119 Å². The van der Waals surface area contributed by atoms with Crippen molar-refractivity contribution in [2.45, 2.75) is 20.3 Å². The van der Waals surface area contributed by atoms with E-state index in [-0.39, 0.29) is 6.79 Å². The Morgan fingerprint density at radius 2 is 1.65 bits per heavy atom. The summed E-state index contributed by atoms with van der Waals surface area (Å²) in [5.74, 6) is 1.16. The Morgan fingerprint density at radius 1 is 0.950 bits per heavy atom. The molecule has 0 spiro atoms. The second-order valence-corrected chi connectivity index (χ2v) is 4.87. The molecule has 0 radical (unpaired) electrons. The molecule has 2 rings (SSSR count). The molecule has 1 N–H and O–H groups in total. The molecule has 0 fully saturated rings. The third-order valence-electron chi connectivity index (χ3n) is 3.53. The van der Waals surface area contributed by atoms with Gasteiger partial charge in [-0.2, -0.15) is 0 Å². The third-order valence-corrected chi connectivity index (χ3v) is 3.53. The van der Waals surface area contributed by atoms with E-state index in [0.717, 1.165) is 23.3 Å². The molecule has 2 aromatic rings. The van der Waals surface area contributed by atoms with E-state index in [1.54, 1.807) is 13.2 Å². The first-order chi connectivity index (χ1) is 9.61. The lowest BCUT2D eigenvalue weighted by atomic mass is 9.97. The van der Waals surface area contributed by atoms with Gasteiger partial charge in [0.15, 0.2) is 6.79 Å². The zero-order valence-corrected chi connectivity index (χ0v) is 12.1. The van der Waals surface area contributed by atoms with Gasteiger partial charge in [0.2, 0.25) is 0 Å². The number of aromatic hydroxyl groups is 1. The van der Waals surface area contributed by atoms with Gasteiger partial charge in [-0.05, 0) is 60.7 Å². The van der Waals surface area contributed by atoms with E-state index >= 15 is 0 Å². The van der Waals surface area contributed by atoms with Crippen LogP contribution in [0.15, 0.2) is 36.4 Å². The maximum Gasteiger partial charge on any atom is 0.188 e.